The van der Waals surface area contributed by atoms with E-state index in [0.717, 1.165) is 16.6 Å². The second-order valence-corrected chi connectivity index (χ2v) is 4.88. The molecule has 0 saturated carbocycles. The van der Waals surface area contributed by atoms with Crippen LogP contribution in [0.2, 0.25) is 0 Å². The van der Waals surface area contributed by atoms with Crippen molar-refractivity contribution >= 4 is 16.9 Å². The molecule has 0 radical (unpaired) electrons. The van der Waals surface area contributed by atoms with Crippen molar-refractivity contribution in [3.05, 3.63) is 35.5 Å². The van der Waals surface area contributed by atoms with E-state index in [9.17, 15) is 9.90 Å². The Kier molecular flexibility index (Phi) is 2.91. The molecular formula is C14H17NO3. The molecule has 0 aliphatic carbocycles. The summed E-state index contributed by atoms with van der Waals surface area (Å²) in [5.74, 6) is -1.01. The fourth-order valence-corrected chi connectivity index (χ4v) is 2.58. The predicted octanol–water partition coefficient (Wildman–Crippen LogP) is 2.17. The highest BCUT2D eigenvalue weighted by atomic mass is 16.4. The summed E-state index contributed by atoms with van der Waals surface area (Å²) < 4.78 is 1.97. The molecule has 1 heterocycles. The average Bonchev–Trinajstić information content (AvgIpc) is 2.51. The zero-order chi connectivity index (χ0) is 13.5. The van der Waals surface area contributed by atoms with Gasteiger partial charge in [-0.1, -0.05) is 18.2 Å². The molecule has 0 aliphatic rings. The van der Waals surface area contributed by atoms with Gasteiger partial charge in [-0.15, -0.1) is 0 Å². The van der Waals surface area contributed by atoms with Crippen LogP contribution in [0.15, 0.2) is 24.3 Å². The molecule has 0 saturated heterocycles. The highest BCUT2D eigenvalue weighted by Gasteiger charge is 2.32. The quantitative estimate of drug-likeness (QED) is 0.873. The van der Waals surface area contributed by atoms with Gasteiger partial charge in [-0.05, 0) is 19.9 Å². The third-order valence-corrected chi connectivity index (χ3v) is 3.43. The van der Waals surface area contributed by atoms with Crippen LogP contribution in [0, 0.1) is 6.92 Å². The molecule has 0 fully saturated rings. The Labute approximate surface area is 105 Å². The Bertz CT molecular complexity index is 611. The summed E-state index contributed by atoms with van der Waals surface area (Å²) >= 11 is 0. The Morgan fingerprint density at radius 1 is 1.39 bits per heavy atom. The van der Waals surface area contributed by atoms with Crippen LogP contribution in [0.5, 0.6) is 0 Å². The van der Waals surface area contributed by atoms with E-state index in [2.05, 4.69) is 0 Å². The number of aromatic nitrogens is 1. The maximum atomic E-state index is 10.9. The van der Waals surface area contributed by atoms with Gasteiger partial charge in [0.15, 0.2) is 0 Å². The van der Waals surface area contributed by atoms with Crippen molar-refractivity contribution in [2.75, 3.05) is 0 Å². The molecule has 1 unspecified atom stereocenters. The number of aliphatic carboxylic acids is 1. The van der Waals surface area contributed by atoms with Gasteiger partial charge in [0.25, 0.3) is 0 Å². The average molecular weight is 247 g/mol. The van der Waals surface area contributed by atoms with E-state index in [1.165, 1.54) is 0 Å². The summed E-state index contributed by atoms with van der Waals surface area (Å²) in [4.78, 5) is 10.9. The van der Waals surface area contributed by atoms with E-state index >= 15 is 0 Å². The lowest BCUT2D eigenvalue weighted by Gasteiger charge is -2.22. The number of carboxylic acids is 1. The third-order valence-electron chi connectivity index (χ3n) is 3.43. The maximum Gasteiger partial charge on any atom is 0.306 e. The molecular weight excluding hydrogens is 230 g/mol. The lowest BCUT2D eigenvalue weighted by molar-refractivity contribution is -0.142. The monoisotopic (exact) mass is 247 g/mol. The summed E-state index contributed by atoms with van der Waals surface area (Å²) in [6.07, 6.45) is -0.304. The van der Waals surface area contributed by atoms with Crippen LogP contribution in [0.1, 0.15) is 24.6 Å². The van der Waals surface area contributed by atoms with Crippen molar-refractivity contribution in [3.8, 4) is 0 Å². The van der Waals surface area contributed by atoms with Gasteiger partial charge in [-0.2, -0.15) is 0 Å². The number of para-hydroxylation sites is 1. The van der Waals surface area contributed by atoms with Crippen LogP contribution in [-0.4, -0.2) is 20.7 Å². The predicted molar refractivity (Wildman–Crippen MR) is 69.5 cm³/mol. The standard InChI is InChI=1S/C14H17NO3/c1-9-13(14(2,18)8-12(16)17)10-6-4-5-7-11(10)15(9)3/h4-7,18H,8H2,1-3H3,(H,16,17). The van der Waals surface area contributed by atoms with Crippen molar-refractivity contribution in [2.45, 2.75) is 25.9 Å². The number of fused-ring (bicyclic) bond motifs is 1. The molecule has 4 nitrogen and oxygen atoms in total. The summed E-state index contributed by atoms with van der Waals surface area (Å²) in [6.45, 7) is 3.45. The lowest BCUT2D eigenvalue weighted by Crippen LogP contribution is -2.26. The van der Waals surface area contributed by atoms with E-state index in [0.29, 0.717) is 5.56 Å². The fourth-order valence-electron chi connectivity index (χ4n) is 2.58. The lowest BCUT2D eigenvalue weighted by atomic mass is 9.90. The molecule has 1 aromatic carbocycles. The first-order valence-electron chi connectivity index (χ1n) is 5.83. The Balaban J connectivity index is 2.71. The van der Waals surface area contributed by atoms with Crippen molar-refractivity contribution in [2.24, 2.45) is 7.05 Å². The zero-order valence-electron chi connectivity index (χ0n) is 10.8. The smallest absolute Gasteiger partial charge is 0.306 e. The van der Waals surface area contributed by atoms with Crippen molar-refractivity contribution < 1.29 is 15.0 Å². The first-order chi connectivity index (χ1) is 8.34. The molecule has 2 N–H and O–H groups in total. The second-order valence-electron chi connectivity index (χ2n) is 4.88. The summed E-state index contributed by atoms with van der Waals surface area (Å²) in [6, 6.07) is 7.69. The van der Waals surface area contributed by atoms with Crippen LogP contribution >= 0.6 is 0 Å². The summed E-state index contributed by atoms with van der Waals surface area (Å²) in [7, 11) is 1.91. The number of aryl methyl sites for hydroxylation is 1. The van der Waals surface area contributed by atoms with Gasteiger partial charge in [-0.3, -0.25) is 4.79 Å². The van der Waals surface area contributed by atoms with E-state index in [-0.39, 0.29) is 6.42 Å². The van der Waals surface area contributed by atoms with Crippen molar-refractivity contribution in [1.82, 2.24) is 4.57 Å². The SMILES string of the molecule is Cc1c(C(C)(O)CC(=O)O)c2ccccc2n1C. The van der Waals surface area contributed by atoms with Gasteiger partial charge in [0.2, 0.25) is 0 Å². The third kappa shape index (κ3) is 1.88. The number of hydrogen-bond donors (Lipinski definition) is 2. The van der Waals surface area contributed by atoms with E-state index in [4.69, 9.17) is 5.11 Å². The normalized spacial score (nSPS) is 14.7. The van der Waals surface area contributed by atoms with Crippen LogP contribution in [-0.2, 0) is 17.4 Å². The minimum absolute atomic E-state index is 0.304. The van der Waals surface area contributed by atoms with Crippen molar-refractivity contribution in [3.63, 3.8) is 0 Å². The van der Waals surface area contributed by atoms with Crippen LogP contribution in [0.3, 0.4) is 0 Å². The number of nitrogens with zero attached hydrogens (tertiary/aromatic N) is 1. The number of rotatable bonds is 3. The number of benzene rings is 1. The molecule has 1 aromatic heterocycles. The molecule has 0 amide bonds. The minimum Gasteiger partial charge on any atom is -0.481 e. The van der Waals surface area contributed by atoms with Gasteiger partial charge in [0.1, 0.15) is 0 Å². The Morgan fingerprint density at radius 2 is 2.00 bits per heavy atom. The van der Waals surface area contributed by atoms with Crippen LogP contribution in [0.25, 0.3) is 10.9 Å². The molecule has 96 valence electrons. The first-order valence-corrected chi connectivity index (χ1v) is 5.83. The zero-order valence-corrected chi connectivity index (χ0v) is 10.8. The van der Waals surface area contributed by atoms with Gasteiger partial charge < -0.3 is 14.8 Å². The van der Waals surface area contributed by atoms with Gasteiger partial charge in [0, 0.05) is 29.2 Å². The molecule has 18 heavy (non-hydrogen) atoms. The van der Waals surface area contributed by atoms with Gasteiger partial charge in [0.05, 0.1) is 12.0 Å². The highest BCUT2D eigenvalue weighted by molar-refractivity contribution is 5.87. The first kappa shape index (κ1) is 12.6. The molecule has 0 bridgehead atoms. The fraction of sp³-hybridized carbons (Fsp3) is 0.357. The van der Waals surface area contributed by atoms with Gasteiger partial charge in [-0.25, -0.2) is 0 Å². The maximum absolute atomic E-state index is 10.9. The second kappa shape index (κ2) is 4.14. The minimum atomic E-state index is -1.36. The largest absolute Gasteiger partial charge is 0.481 e. The van der Waals surface area contributed by atoms with Crippen LogP contribution < -0.4 is 0 Å². The van der Waals surface area contributed by atoms with Crippen molar-refractivity contribution in [1.29, 1.82) is 0 Å². The molecule has 2 rings (SSSR count). The molecule has 0 spiro atoms. The van der Waals surface area contributed by atoms with E-state index < -0.39 is 11.6 Å². The number of aliphatic hydroxyl groups is 1. The van der Waals surface area contributed by atoms with Gasteiger partial charge >= 0.3 is 5.97 Å². The molecule has 4 heteroatoms. The van der Waals surface area contributed by atoms with E-state index in [1.54, 1.807) is 6.92 Å². The Morgan fingerprint density at radius 3 is 2.61 bits per heavy atom. The summed E-state index contributed by atoms with van der Waals surface area (Å²) in [5.41, 5.74) is 1.22. The topological polar surface area (TPSA) is 62.5 Å². The molecule has 0 aliphatic heterocycles. The summed E-state index contributed by atoms with van der Waals surface area (Å²) in [5, 5.41) is 20.3. The highest BCUT2D eigenvalue weighted by Crippen LogP contribution is 2.35. The number of hydrogen-bond acceptors (Lipinski definition) is 2. The van der Waals surface area contributed by atoms with E-state index in [1.807, 2.05) is 42.8 Å². The number of carbonyl (C=O) groups is 1. The number of carboxylic acid groups (broad SMARTS) is 1. The van der Waals surface area contributed by atoms with Crippen LogP contribution in [0.4, 0.5) is 0 Å². The molecule has 2 aromatic rings. The molecule has 1 atom stereocenters. The Hall–Kier alpha value is -1.81.